The Kier molecular flexibility index (Phi) is 5.95. The van der Waals surface area contributed by atoms with E-state index in [4.69, 9.17) is 0 Å². The molecule has 0 spiro atoms. The number of nitrogens with one attached hydrogen (secondary N) is 1. The van der Waals surface area contributed by atoms with Crippen LogP contribution in [0, 0.1) is 0 Å². The molecule has 2 aliphatic rings. The minimum absolute atomic E-state index is 0.0135. The number of amides is 2. The number of hydrogen-bond donors (Lipinski definition) is 2. The predicted molar refractivity (Wildman–Crippen MR) is 116 cm³/mol. The zero-order valence-electron chi connectivity index (χ0n) is 17.6. The molecule has 0 radical (unpaired) electrons. The molecule has 1 aromatic carbocycles. The summed E-state index contributed by atoms with van der Waals surface area (Å²) < 4.78 is 1.98. The van der Waals surface area contributed by atoms with Crippen LogP contribution in [-0.2, 0) is 11.3 Å². The van der Waals surface area contributed by atoms with E-state index < -0.39 is 5.54 Å². The van der Waals surface area contributed by atoms with Crippen molar-refractivity contribution in [2.45, 2.75) is 63.6 Å². The third-order valence-corrected chi connectivity index (χ3v) is 6.55. The van der Waals surface area contributed by atoms with Gasteiger partial charge in [-0.2, -0.15) is 0 Å². The lowest BCUT2D eigenvalue weighted by Crippen LogP contribution is -2.65. The van der Waals surface area contributed by atoms with E-state index in [-0.39, 0.29) is 24.5 Å². The van der Waals surface area contributed by atoms with Crippen molar-refractivity contribution >= 4 is 11.8 Å². The van der Waals surface area contributed by atoms with E-state index in [2.05, 4.69) is 5.32 Å². The third kappa shape index (κ3) is 3.76. The molecule has 2 heterocycles. The van der Waals surface area contributed by atoms with Crippen LogP contribution in [0.2, 0.25) is 0 Å². The van der Waals surface area contributed by atoms with Gasteiger partial charge in [-0.05, 0) is 43.9 Å². The highest BCUT2D eigenvalue weighted by molar-refractivity contribution is 6.00. The van der Waals surface area contributed by atoms with Crippen LogP contribution in [0.15, 0.2) is 42.5 Å². The fourth-order valence-corrected chi connectivity index (χ4v) is 4.80. The number of hydrogen-bond acceptors (Lipinski definition) is 3. The van der Waals surface area contributed by atoms with Gasteiger partial charge in [0.25, 0.3) is 5.91 Å². The maximum Gasteiger partial charge on any atom is 0.271 e. The Morgan fingerprint density at radius 2 is 1.80 bits per heavy atom. The average molecular weight is 410 g/mol. The normalized spacial score (nSPS) is 22.1. The summed E-state index contributed by atoms with van der Waals surface area (Å²) in [5, 5.41) is 12.6. The molecule has 1 atom stereocenters. The molecule has 2 N–H and O–H groups in total. The highest BCUT2D eigenvalue weighted by atomic mass is 16.3. The molecule has 0 saturated heterocycles. The van der Waals surface area contributed by atoms with Crippen LogP contribution < -0.4 is 5.32 Å². The van der Waals surface area contributed by atoms with Gasteiger partial charge in [-0.25, -0.2) is 0 Å². The van der Waals surface area contributed by atoms with Gasteiger partial charge in [0.2, 0.25) is 5.91 Å². The number of benzene rings is 1. The third-order valence-electron chi connectivity index (χ3n) is 6.55. The lowest BCUT2D eigenvalue weighted by Gasteiger charge is -2.45. The Balaban J connectivity index is 1.69. The summed E-state index contributed by atoms with van der Waals surface area (Å²) in [7, 11) is 0. The zero-order chi connectivity index (χ0) is 21.1. The van der Waals surface area contributed by atoms with Crippen LogP contribution in [0.5, 0.6) is 0 Å². The minimum atomic E-state index is -1.00. The van der Waals surface area contributed by atoms with Crippen molar-refractivity contribution in [1.29, 1.82) is 0 Å². The van der Waals surface area contributed by atoms with Crippen LogP contribution in [0.3, 0.4) is 0 Å². The highest BCUT2D eigenvalue weighted by Gasteiger charge is 2.47. The van der Waals surface area contributed by atoms with Crippen molar-refractivity contribution in [3.05, 3.63) is 48.2 Å². The van der Waals surface area contributed by atoms with E-state index in [0.717, 1.165) is 36.9 Å². The summed E-state index contributed by atoms with van der Waals surface area (Å²) in [6.07, 6.45) is 5.93. The van der Waals surface area contributed by atoms with Gasteiger partial charge in [0.1, 0.15) is 11.2 Å². The molecule has 1 saturated carbocycles. The molecule has 30 heavy (non-hydrogen) atoms. The molecule has 6 nitrogen and oxygen atoms in total. The molecule has 2 amide bonds. The smallest absolute Gasteiger partial charge is 0.271 e. The first kappa shape index (κ1) is 20.7. The maximum atomic E-state index is 13.5. The topological polar surface area (TPSA) is 74.6 Å². The monoisotopic (exact) mass is 409 g/mol. The van der Waals surface area contributed by atoms with Crippen LogP contribution in [0.1, 0.15) is 55.9 Å². The summed E-state index contributed by atoms with van der Waals surface area (Å²) in [4.78, 5) is 28.6. The number of rotatable bonds is 6. The zero-order valence-corrected chi connectivity index (χ0v) is 17.6. The highest BCUT2D eigenvalue weighted by Crippen LogP contribution is 2.33. The van der Waals surface area contributed by atoms with Crippen molar-refractivity contribution in [3.63, 3.8) is 0 Å². The van der Waals surface area contributed by atoms with E-state index in [9.17, 15) is 14.7 Å². The van der Waals surface area contributed by atoms with E-state index in [0.29, 0.717) is 25.2 Å². The Hall–Kier alpha value is -2.60. The van der Waals surface area contributed by atoms with Gasteiger partial charge in [-0.1, -0.05) is 49.6 Å². The number of aliphatic hydroxyl groups excluding tert-OH is 1. The van der Waals surface area contributed by atoms with Crippen LogP contribution in [0.25, 0.3) is 11.3 Å². The minimum Gasteiger partial charge on any atom is -0.396 e. The van der Waals surface area contributed by atoms with Gasteiger partial charge >= 0.3 is 0 Å². The Labute approximate surface area is 177 Å². The molecule has 1 aliphatic heterocycles. The first-order valence-electron chi connectivity index (χ1n) is 11.0. The second-order valence-corrected chi connectivity index (χ2v) is 8.67. The molecule has 0 bridgehead atoms. The summed E-state index contributed by atoms with van der Waals surface area (Å²) in [5.41, 5.74) is 1.56. The quantitative estimate of drug-likeness (QED) is 0.769. The number of fused-ring (bicyclic) bond motifs is 1. The Morgan fingerprint density at radius 1 is 1.10 bits per heavy atom. The number of nitrogens with zero attached hydrogens (tertiary/aromatic N) is 2. The van der Waals surface area contributed by atoms with E-state index >= 15 is 0 Å². The molecule has 1 fully saturated rings. The van der Waals surface area contributed by atoms with Gasteiger partial charge in [-0.3, -0.25) is 9.59 Å². The molecule has 6 heteroatoms. The van der Waals surface area contributed by atoms with Crippen molar-refractivity contribution in [2.24, 2.45) is 0 Å². The number of carbonyl (C=O) groups excluding carboxylic acids is 2. The van der Waals surface area contributed by atoms with E-state index in [1.165, 1.54) is 6.42 Å². The fourth-order valence-electron chi connectivity index (χ4n) is 4.80. The summed E-state index contributed by atoms with van der Waals surface area (Å²) >= 11 is 0. The largest absolute Gasteiger partial charge is 0.396 e. The van der Waals surface area contributed by atoms with Gasteiger partial charge in [-0.15, -0.1) is 0 Å². The first-order chi connectivity index (χ1) is 14.5. The fraction of sp³-hybridized carbons (Fsp3) is 0.500. The molecule has 4 rings (SSSR count). The number of carbonyl (C=O) groups is 2. The molecule has 160 valence electrons. The van der Waals surface area contributed by atoms with Gasteiger partial charge in [0.05, 0.1) is 6.54 Å². The van der Waals surface area contributed by atoms with Crippen molar-refractivity contribution in [1.82, 2.24) is 14.8 Å². The SMILES string of the molecule is CC1(C(=O)NC2CCCCC2)Cn2c(ccc2-c2ccccc2)C(=O)N1CCCO. The Bertz CT molecular complexity index is 902. The summed E-state index contributed by atoms with van der Waals surface area (Å²) in [6, 6.07) is 13.9. The second-order valence-electron chi connectivity index (χ2n) is 8.67. The molecule has 1 aromatic heterocycles. The van der Waals surface area contributed by atoms with Crippen molar-refractivity contribution in [2.75, 3.05) is 13.2 Å². The van der Waals surface area contributed by atoms with Crippen molar-refractivity contribution < 1.29 is 14.7 Å². The molecule has 2 aromatic rings. The van der Waals surface area contributed by atoms with E-state index in [1.807, 2.05) is 54.0 Å². The molecular formula is C24H31N3O3. The lowest BCUT2D eigenvalue weighted by atomic mass is 9.91. The standard InChI is InChI=1S/C24H31N3O3/c1-24(23(30)25-19-11-6-3-7-12-19)17-26-20(18-9-4-2-5-10-18)13-14-21(26)22(29)27(24)15-8-16-28/h2,4-5,9-10,13-14,19,28H,3,6-8,11-12,15-17H2,1H3,(H,25,30). The average Bonchev–Trinajstić information content (AvgIpc) is 3.18. The van der Waals surface area contributed by atoms with Crippen LogP contribution in [0.4, 0.5) is 0 Å². The van der Waals surface area contributed by atoms with E-state index in [1.54, 1.807) is 4.90 Å². The first-order valence-corrected chi connectivity index (χ1v) is 11.0. The predicted octanol–water partition coefficient (Wildman–Crippen LogP) is 3.20. The van der Waals surface area contributed by atoms with Crippen LogP contribution in [-0.4, -0.2) is 51.1 Å². The molecule has 1 aliphatic carbocycles. The molecule has 1 unspecified atom stereocenters. The maximum absolute atomic E-state index is 13.5. The van der Waals surface area contributed by atoms with Crippen molar-refractivity contribution in [3.8, 4) is 11.3 Å². The Morgan fingerprint density at radius 3 is 2.50 bits per heavy atom. The summed E-state index contributed by atoms with van der Waals surface area (Å²) in [6.45, 7) is 2.60. The number of aromatic nitrogens is 1. The molecular weight excluding hydrogens is 378 g/mol. The lowest BCUT2D eigenvalue weighted by molar-refractivity contribution is -0.133. The summed E-state index contributed by atoms with van der Waals surface area (Å²) in [5.74, 6) is -0.253. The van der Waals surface area contributed by atoms with Gasteiger partial charge in [0.15, 0.2) is 0 Å². The van der Waals surface area contributed by atoms with Gasteiger partial charge < -0.3 is 19.9 Å². The number of aliphatic hydroxyl groups is 1. The van der Waals surface area contributed by atoms with Crippen LogP contribution >= 0.6 is 0 Å². The van der Waals surface area contributed by atoms with Gasteiger partial charge in [0, 0.05) is 24.9 Å². The second kappa shape index (κ2) is 8.64.